The van der Waals surface area contributed by atoms with E-state index in [0.29, 0.717) is 6.54 Å². The summed E-state index contributed by atoms with van der Waals surface area (Å²) in [6, 6.07) is 18.0. The second-order valence-electron chi connectivity index (χ2n) is 7.76. The van der Waals surface area contributed by atoms with Crippen molar-refractivity contribution in [1.29, 1.82) is 0 Å². The first-order valence-electron chi connectivity index (χ1n) is 9.98. The molecule has 1 amide bonds. The quantitative estimate of drug-likeness (QED) is 0.703. The van der Waals surface area contributed by atoms with Gasteiger partial charge in [-0.25, -0.2) is 0 Å². The SMILES string of the molecule is CC(N)(C(=O)NCc1cccc(CN2CCCCCC2)c1)c1ccccc1.Cl.Cl. The van der Waals surface area contributed by atoms with Crippen LogP contribution in [0, 0.1) is 0 Å². The van der Waals surface area contributed by atoms with Crippen LogP contribution in [-0.4, -0.2) is 23.9 Å². The molecule has 0 spiro atoms. The molecule has 160 valence electrons. The lowest BCUT2D eigenvalue weighted by atomic mass is 9.92. The van der Waals surface area contributed by atoms with E-state index < -0.39 is 5.54 Å². The molecule has 29 heavy (non-hydrogen) atoms. The second-order valence-corrected chi connectivity index (χ2v) is 7.76. The fourth-order valence-corrected chi connectivity index (χ4v) is 3.67. The molecule has 0 bridgehead atoms. The Morgan fingerprint density at radius 1 is 0.966 bits per heavy atom. The Labute approximate surface area is 187 Å². The van der Waals surface area contributed by atoms with Gasteiger partial charge in [-0.1, -0.05) is 67.4 Å². The lowest BCUT2D eigenvalue weighted by Gasteiger charge is -2.24. The number of amides is 1. The van der Waals surface area contributed by atoms with Crippen LogP contribution in [0.1, 0.15) is 49.3 Å². The second kappa shape index (κ2) is 12.2. The Morgan fingerprint density at radius 3 is 2.24 bits per heavy atom. The molecule has 0 aliphatic carbocycles. The topological polar surface area (TPSA) is 58.4 Å². The number of hydrogen-bond acceptors (Lipinski definition) is 3. The number of hydrogen-bond donors (Lipinski definition) is 2. The van der Waals surface area contributed by atoms with Gasteiger partial charge in [0, 0.05) is 13.1 Å². The summed E-state index contributed by atoms with van der Waals surface area (Å²) in [6.07, 6.45) is 5.29. The van der Waals surface area contributed by atoms with Crippen molar-refractivity contribution < 1.29 is 4.79 Å². The van der Waals surface area contributed by atoms with E-state index in [1.807, 2.05) is 30.3 Å². The number of nitrogens with zero attached hydrogens (tertiary/aromatic N) is 1. The smallest absolute Gasteiger partial charge is 0.244 e. The van der Waals surface area contributed by atoms with E-state index in [1.54, 1.807) is 6.92 Å². The van der Waals surface area contributed by atoms with Crippen LogP contribution in [0.4, 0.5) is 0 Å². The van der Waals surface area contributed by atoms with Crippen LogP contribution in [0.25, 0.3) is 0 Å². The normalized spacial score (nSPS) is 16.5. The van der Waals surface area contributed by atoms with E-state index in [1.165, 1.54) is 44.3 Å². The van der Waals surface area contributed by atoms with Crippen molar-refractivity contribution in [3.05, 3.63) is 71.3 Å². The van der Waals surface area contributed by atoms with Crippen molar-refractivity contribution in [3.63, 3.8) is 0 Å². The summed E-state index contributed by atoms with van der Waals surface area (Å²) in [5, 5.41) is 3.00. The maximum absolute atomic E-state index is 12.6. The minimum absolute atomic E-state index is 0. The number of halogens is 2. The molecule has 1 unspecified atom stereocenters. The third-order valence-corrected chi connectivity index (χ3v) is 5.39. The van der Waals surface area contributed by atoms with Crippen LogP contribution < -0.4 is 11.1 Å². The van der Waals surface area contributed by atoms with Gasteiger partial charge in [0.15, 0.2) is 0 Å². The van der Waals surface area contributed by atoms with Crippen LogP contribution in [0.2, 0.25) is 0 Å². The summed E-state index contributed by atoms with van der Waals surface area (Å²) in [5.74, 6) is -0.161. The molecule has 6 heteroatoms. The molecule has 3 rings (SSSR count). The number of carbonyl (C=O) groups excluding carboxylic acids is 1. The van der Waals surface area contributed by atoms with Gasteiger partial charge in [0.2, 0.25) is 5.91 Å². The highest BCUT2D eigenvalue weighted by atomic mass is 35.5. The fourth-order valence-electron chi connectivity index (χ4n) is 3.67. The molecular weight excluding hydrogens is 405 g/mol. The van der Waals surface area contributed by atoms with E-state index >= 15 is 0 Å². The summed E-state index contributed by atoms with van der Waals surface area (Å²) < 4.78 is 0. The lowest BCUT2D eigenvalue weighted by Crippen LogP contribution is -2.48. The maximum Gasteiger partial charge on any atom is 0.244 e. The fraction of sp³-hybridized carbons (Fsp3) is 0.435. The minimum atomic E-state index is -1.04. The Bertz CT molecular complexity index is 745. The predicted molar refractivity (Wildman–Crippen MR) is 125 cm³/mol. The molecule has 4 nitrogen and oxygen atoms in total. The molecule has 1 atom stereocenters. The van der Waals surface area contributed by atoms with Crippen molar-refractivity contribution in [1.82, 2.24) is 10.2 Å². The van der Waals surface area contributed by atoms with Gasteiger partial charge in [-0.2, -0.15) is 0 Å². The average molecular weight is 438 g/mol. The van der Waals surface area contributed by atoms with Crippen LogP contribution in [0.3, 0.4) is 0 Å². The Balaban J connectivity index is 0.00000210. The predicted octanol–water partition coefficient (Wildman–Crippen LogP) is 4.40. The van der Waals surface area contributed by atoms with E-state index in [4.69, 9.17) is 5.73 Å². The molecule has 0 radical (unpaired) electrons. The third-order valence-electron chi connectivity index (χ3n) is 5.39. The standard InChI is InChI=1S/C23H31N3O.2ClH/c1-23(24,21-12-5-4-6-13-21)22(27)25-17-19-10-9-11-20(16-19)18-26-14-7-2-3-8-15-26;;/h4-6,9-13,16H,2-3,7-8,14-15,17-18,24H2,1H3,(H,25,27);2*1H. The molecule has 2 aromatic carbocycles. The first-order valence-corrected chi connectivity index (χ1v) is 9.98. The summed E-state index contributed by atoms with van der Waals surface area (Å²) in [4.78, 5) is 15.2. The van der Waals surface area contributed by atoms with Gasteiger partial charge < -0.3 is 11.1 Å². The molecule has 3 N–H and O–H groups in total. The number of nitrogens with two attached hydrogens (primary N) is 1. The van der Waals surface area contributed by atoms with Crippen molar-refractivity contribution in [2.75, 3.05) is 13.1 Å². The zero-order valence-corrected chi connectivity index (χ0v) is 18.7. The van der Waals surface area contributed by atoms with E-state index in [-0.39, 0.29) is 30.7 Å². The molecule has 1 aliphatic rings. The Hall–Kier alpha value is -1.59. The zero-order valence-electron chi connectivity index (χ0n) is 17.1. The van der Waals surface area contributed by atoms with Crippen LogP contribution in [-0.2, 0) is 23.4 Å². The zero-order chi connectivity index (χ0) is 19.1. The van der Waals surface area contributed by atoms with E-state index in [2.05, 4.69) is 34.5 Å². The molecule has 1 heterocycles. The number of rotatable bonds is 6. The highest BCUT2D eigenvalue weighted by Crippen LogP contribution is 2.18. The first kappa shape index (κ1) is 25.4. The number of likely N-dealkylation sites (tertiary alicyclic amines) is 1. The van der Waals surface area contributed by atoms with Crippen LogP contribution in [0.15, 0.2) is 54.6 Å². The Kier molecular flexibility index (Phi) is 10.7. The summed E-state index contributed by atoms with van der Waals surface area (Å²) in [6.45, 7) is 5.60. The summed E-state index contributed by atoms with van der Waals surface area (Å²) in [7, 11) is 0. The van der Waals surface area contributed by atoms with Gasteiger partial charge in [-0.15, -0.1) is 24.8 Å². The number of carbonyl (C=O) groups is 1. The molecule has 2 aromatic rings. The maximum atomic E-state index is 12.6. The first-order chi connectivity index (χ1) is 13.1. The molecule has 1 fully saturated rings. The van der Waals surface area contributed by atoms with Crippen molar-refractivity contribution in [3.8, 4) is 0 Å². The van der Waals surface area contributed by atoms with Gasteiger partial charge in [0.1, 0.15) is 5.54 Å². The van der Waals surface area contributed by atoms with Crippen molar-refractivity contribution in [2.45, 2.75) is 51.2 Å². The number of nitrogens with one attached hydrogen (secondary N) is 1. The van der Waals surface area contributed by atoms with Crippen molar-refractivity contribution in [2.24, 2.45) is 5.73 Å². The van der Waals surface area contributed by atoms with Crippen LogP contribution >= 0.6 is 24.8 Å². The largest absolute Gasteiger partial charge is 0.350 e. The van der Waals surface area contributed by atoms with Crippen molar-refractivity contribution >= 4 is 30.7 Å². The monoisotopic (exact) mass is 437 g/mol. The number of benzene rings is 2. The molecular formula is C23H33Cl2N3O. The lowest BCUT2D eigenvalue weighted by molar-refractivity contribution is -0.126. The van der Waals surface area contributed by atoms with Crippen LogP contribution in [0.5, 0.6) is 0 Å². The summed E-state index contributed by atoms with van der Waals surface area (Å²) >= 11 is 0. The van der Waals surface area contributed by atoms with Gasteiger partial charge in [0.25, 0.3) is 0 Å². The van der Waals surface area contributed by atoms with Gasteiger partial charge in [-0.05, 0) is 49.5 Å². The highest BCUT2D eigenvalue weighted by Gasteiger charge is 2.29. The van der Waals surface area contributed by atoms with E-state index in [0.717, 1.165) is 17.7 Å². The van der Waals surface area contributed by atoms with Gasteiger partial charge >= 0.3 is 0 Å². The van der Waals surface area contributed by atoms with Gasteiger partial charge in [0.05, 0.1) is 0 Å². The van der Waals surface area contributed by atoms with Gasteiger partial charge in [-0.3, -0.25) is 9.69 Å². The minimum Gasteiger partial charge on any atom is -0.350 e. The average Bonchev–Trinajstić information content (AvgIpc) is 2.95. The molecule has 0 saturated carbocycles. The highest BCUT2D eigenvalue weighted by molar-refractivity contribution is 5.87. The van der Waals surface area contributed by atoms with E-state index in [9.17, 15) is 4.79 Å². The Morgan fingerprint density at radius 2 is 1.59 bits per heavy atom. The molecule has 0 aromatic heterocycles. The molecule has 1 aliphatic heterocycles. The molecule has 1 saturated heterocycles. The third kappa shape index (κ3) is 7.31. The summed E-state index contributed by atoms with van der Waals surface area (Å²) in [5.41, 5.74) is 8.49.